The number of para-hydroxylation sites is 1. The minimum absolute atomic E-state index is 0.0255. The monoisotopic (exact) mass is 1690 g/mol. The molecule has 0 bridgehead atoms. The fourth-order valence-electron chi connectivity index (χ4n) is 13.7. The number of aromatic amines is 1. The van der Waals surface area contributed by atoms with E-state index in [0.717, 1.165) is 30.2 Å². The lowest BCUT2D eigenvalue weighted by molar-refractivity contribution is -0.141. The Kier molecular flexibility index (Phi) is 43.9. The zero-order valence-corrected chi connectivity index (χ0v) is 68.4. The molecular weight excluding hydrogens is 1570 g/mol. The lowest BCUT2D eigenvalue weighted by Crippen LogP contribution is -2.51. The van der Waals surface area contributed by atoms with Gasteiger partial charge in [0.25, 0.3) is 5.91 Å². The molecular formula is C85H116FN13O22. The number of aromatic hydroxyl groups is 1. The zero-order valence-electron chi connectivity index (χ0n) is 68.4. The van der Waals surface area contributed by atoms with E-state index in [0.29, 0.717) is 35.1 Å². The third-order valence-electron chi connectivity index (χ3n) is 20.1. The topological polar surface area (TPSA) is 552 Å². The number of hydrogen-bond acceptors (Lipinski definition) is 23. The normalized spacial score (nSPS) is 14.5. The highest BCUT2D eigenvalue weighted by Gasteiger charge is 2.38. The van der Waals surface area contributed by atoms with Crippen molar-refractivity contribution in [3.63, 3.8) is 0 Å². The molecule has 5 aromatic rings. The highest BCUT2D eigenvalue weighted by molar-refractivity contribution is 5.99. The molecule has 8 amide bonds. The summed E-state index contributed by atoms with van der Waals surface area (Å²) in [5, 5.41) is 63.9. The first-order valence-corrected chi connectivity index (χ1v) is 40.6. The molecule has 4 aromatic carbocycles. The van der Waals surface area contributed by atoms with E-state index >= 15 is 4.79 Å². The van der Waals surface area contributed by atoms with Gasteiger partial charge >= 0.3 is 5.97 Å². The summed E-state index contributed by atoms with van der Waals surface area (Å²) in [5.41, 5.74) is 19.8. The number of phenols is 1. The van der Waals surface area contributed by atoms with E-state index in [1.54, 1.807) is 56.4 Å². The average molecular weight is 1690 g/mol. The van der Waals surface area contributed by atoms with Gasteiger partial charge in [0.1, 0.15) is 30.8 Å². The molecule has 36 heteroatoms. The molecule has 1 aliphatic rings. The van der Waals surface area contributed by atoms with Crippen LogP contribution in [0.25, 0.3) is 10.9 Å². The molecule has 660 valence electrons. The number of H-pyrrole nitrogens is 1. The summed E-state index contributed by atoms with van der Waals surface area (Å²) in [4.78, 5) is 192. The van der Waals surface area contributed by atoms with E-state index in [-0.39, 0.29) is 134 Å². The maximum Gasteiger partial charge on any atom is 0.305 e. The number of hydrogen-bond donors (Lipinski definition) is 15. The number of halogens is 1. The third kappa shape index (κ3) is 37.8. The Morgan fingerprint density at radius 3 is 1.69 bits per heavy atom. The number of carboxylic acids is 1. The van der Waals surface area contributed by atoms with E-state index in [2.05, 4.69) is 52.3 Å². The van der Waals surface area contributed by atoms with E-state index < -0.39 is 195 Å². The summed E-state index contributed by atoms with van der Waals surface area (Å²) in [6.07, 6.45) is 3.52. The van der Waals surface area contributed by atoms with Crippen molar-refractivity contribution in [1.29, 1.82) is 0 Å². The fraction of sp³-hybridized carbons (Fsp3) is 0.518. The first-order chi connectivity index (χ1) is 58.1. The number of fused-ring (bicyclic) bond motifs is 1. The molecule has 0 saturated heterocycles. The van der Waals surface area contributed by atoms with Crippen molar-refractivity contribution >= 4 is 99.4 Å². The number of aliphatic hydroxyl groups is 2. The van der Waals surface area contributed by atoms with E-state index in [1.807, 2.05) is 18.2 Å². The lowest BCUT2D eigenvalue weighted by Gasteiger charge is -2.28. The zero-order chi connectivity index (χ0) is 88.0. The van der Waals surface area contributed by atoms with Crippen LogP contribution < -0.4 is 54.4 Å². The first kappa shape index (κ1) is 98.4. The Morgan fingerprint density at radius 1 is 0.537 bits per heavy atom. The highest BCUT2D eigenvalue weighted by Crippen LogP contribution is 2.32. The fourth-order valence-corrected chi connectivity index (χ4v) is 13.7. The van der Waals surface area contributed by atoms with Crippen molar-refractivity contribution in [2.45, 2.75) is 153 Å². The van der Waals surface area contributed by atoms with Crippen molar-refractivity contribution in [2.75, 3.05) is 92.3 Å². The molecule has 0 spiro atoms. The van der Waals surface area contributed by atoms with Crippen molar-refractivity contribution < 1.29 is 111 Å². The van der Waals surface area contributed by atoms with Crippen LogP contribution in [0.3, 0.4) is 0 Å². The number of aliphatic imine (C=N–C) groups is 1. The Labute approximate surface area is 701 Å². The highest BCUT2D eigenvalue weighted by atomic mass is 18.2. The van der Waals surface area contributed by atoms with Crippen LogP contribution in [0.5, 0.6) is 5.75 Å². The Hall–Kier alpha value is -11.4. The largest absolute Gasteiger partial charge is 0.508 e. The van der Waals surface area contributed by atoms with Crippen LogP contribution in [0.2, 0.25) is 0 Å². The van der Waals surface area contributed by atoms with Gasteiger partial charge in [-0.05, 0) is 109 Å². The molecule has 0 unspecified atom stereocenters. The van der Waals surface area contributed by atoms with Crippen LogP contribution in [0.15, 0.2) is 119 Å². The molecule has 1 aliphatic carbocycles. The number of carboxylic acid groups (broad SMARTS) is 1. The van der Waals surface area contributed by atoms with Gasteiger partial charge in [-0.15, -0.1) is 0 Å². The average Bonchev–Trinajstić information content (AvgIpc) is 1.67. The lowest BCUT2D eigenvalue weighted by atomic mass is 9.80. The quantitative estimate of drug-likeness (QED) is 0.0115. The molecule has 18 N–H and O–H groups in total. The molecule has 1 saturated carbocycles. The second-order valence-corrected chi connectivity index (χ2v) is 30.2. The molecule has 35 nitrogen and oxygen atoms in total. The maximum atomic E-state index is 15.0. The van der Waals surface area contributed by atoms with E-state index in [4.69, 9.17) is 41.0 Å². The summed E-state index contributed by atoms with van der Waals surface area (Å²) in [7, 11) is 0. The minimum Gasteiger partial charge on any atom is -0.508 e. The number of nitrogens with one attached hydrogen (secondary N) is 8. The van der Waals surface area contributed by atoms with E-state index in [9.17, 15) is 82.4 Å². The number of carbonyl (C=O) groups excluding carboxylic acids is 12. The number of nitrogens with zero attached hydrogens (tertiary/aromatic N) is 2. The van der Waals surface area contributed by atoms with Gasteiger partial charge in [-0.3, -0.25) is 67.3 Å². The number of aliphatic hydroxyl groups excluding tert-OH is 2. The molecule has 1 aromatic heterocycles. The predicted molar refractivity (Wildman–Crippen MR) is 441 cm³/mol. The SMILES string of the molecule is CC(C)C[C@H](NC(=O)[C@@H](CC(=O)[C@@H](CCCN=C(N)N)NC(=O)[C@@H](CO)CC(=O)[C@H](Cc1ccccc1)NC(=O)[C@@H](CC(=O)[C@H](CC(=O)O)NC(=O)COCC(=O)NCCOCCOCCOCCNC(=O)CO/N=C/c1ccc([18F])cc1)CC1CCCCC1)Cc1ccc(O)cc1)C(=O)C[C@@H](Cc1c[nH]c2ccccc12)C(=O)N[C@@H](CO)C(N)=O. The number of aromatic nitrogens is 1. The van der Waals surface area contributed by atoms with Gasteiger partial charge < -0.3 is 104 Å². The predicted octanol–water partition coefficient (Wildman–Crippen LogP) is 2.13. The molecule has 9 atom stereocenters. The number of Topliss-reactive ketones (excluding diaryl/α,β-unsaturated/α-hetero) is 4. The van der Waals surface area contributed by atoms with Gasteiger partial charge in [-0.1, -0.05) is 124 Å². The van der Waals surface area contributed by atoms with Gasteiger partial charge in [-0.25, -0.2) is 4.39 Å². The number of oxime groups is 1. The summed E-state index contributed by atoms with van der Waals surface area (Å²) in [5.74, 6) is -16.9. The minimum atomic E-state index is -1.67. The van der Waals surface area contributed by atoms with Gasteiger partial charge in [0.05, 0.1) is 95.6 Å². The number of rotatable bonds is 60. The molecule has 0 radical (unpaired) electrons. The number of carbonyl (C=O) groups is 13. The smallest absolute Gasteiger partial charge is 0.305 e. The third-order valence-corrected chi connectivity index (χ3v) is 20.1. The number of guanidine groups is 1. The number of ketones is 4. The van der Waals surface area contributed by atoms with Gasteiger partial charge in [-0.2, -0.15) is 0 Å². The molecule has 1 heterocycles. The van der Waals surface area contributed by atoms with Gasteiger partial charge in [0.15, 0.2) is 35.7 Å². The van der Waals surface area contributed by atoms with Gasteiger partial charge in [0, 0.05) is 80.2 Å². The van der Waals surface area contributed by atoms with Gasteiger partial charge in [0.2, 0.25) is 41.4 Å². The molecule has 121 heavy (non-hydrogen) atoms. The maximum absolute atomic E-state index is 15.0. The van der Waals surface area contributed by atoms with Crippen LogP contribution in [0.4, 0.5) is 4.39 Å². The number of benzene rings is 4. The van der Waals surface area contributed by atoms with Crippen LogP contribution in [-0.2, 0) is 105 Å². The summed E-state index contributed by atoms with van der Waals surface area (Å²) < 4.78 is 34.7. The van der Waals surface area contributed by atoms with Crippen molar-refractivity contribution in [2.24, 2.45) is 62.9 Å². The van der Waals surface area contributed by atoms with Crippen molar-refractivity contribution in [3.05, 3.63) is 137 Å². The number of ether oxygens (including phenoxy) is 4. The second kappa shape index (κ2) is 54.0. The molecule has 0 aliphatic heterocycles. The Morgan fingerprint density at radius 2 is 1.07 bits per heavy atom. The number of aliphatic carboxylic acids is 1. The van der Waals surface area contributed by atoms with Crippen LogP contribution in [0, 0.1) is 41.3 Å². The summed E-state index contributed by atoms with van der Waals surface area (Å²) in [6.45, 7) is 1.54. The standard InChI is InChI=1S/C85H116FN13O22/c1-53(2)36-68(73(104)43-60(83(115)99-71(49-101)80(87)112)40-61-47-93-66-17-10-9-16-65(61)66)97-81(113)59(38-56-21-25-64(102)26-22-56)41-72(103)67(18-11-27-92-85(88)89)96-84(116)62(48-100)44-75(106)69(39-55-14-7-4-8-15-55)98-82(114)58(37-54-12-5-3-6-13-54)42-74(105)70(45-79(110)111)95-78(109)51-120-50-76(107)90-28-30-117-32-34-119-35-33-118-31-29-91-77(108)52-121-94-46-57-19-23-63(86)24-20-57/h4,7-10,14-17,19-26,46-47,53-54,58-60,62,67-71,93,100-102H,3,5-6,11-13,18,27-45,48-52H2,1-2H3,(H2,87,112)(H,90,107)(H,91,108)(H,95,109)(H,96,116)(H,97,113)(H,98,114)(H,99,115)(H,110,111)(H4,88,89,92)/b94-46+/t58-,59-,60-,62-,67-,68+,69+,70+,71+/m1/s1/i86-1. The first-order valence-electron chi connectivity index (χ1n) is 40.6. The number of nitrogens with two attached hydrogens (primary N) is 3. The molecule has 1 fully saturated rings. The van der Waals surface area contributed by atoms with Crippen molar-refractivity contribution in [3.8, 4) is 5.75 Å². The van der Waals surface area contributed by atoms with Crippen LogP contribution in [0.1, 0.15) is 126 Å². The number of primary amides is 1. The second-order valence-electron chi connectivity index (χ2n) is 30.2. The Bertz CT molecular complexity index is 4220. The molecule has 6 rings (SSSR count). The van der Waals surface area contributed by atoms with Crippen LogP contribution in [-0.4, -0.2) is 236 Å². The summed E-state index contributed by atoms with van der Waals surface area (Å²) in [6, 6.07) is 19.8. The number of amides is 8. The van der Waals surface area contributed by atoms with E-state index in [1.165, 1.54) is 54.7 Å². The van der Waals surface area contributed by atoms with Crippen molar-refractivity contribution in [1.82, 2.24) is 42.2 Å². The summed E-state index contributed by atoms with van der Waals surface area (Å²) >= 11 is 0. The number of phenolic OH excluding ortho intramolecular Hbond substituents is 1. The Balaban J connectivity index is 1.07. The van der Waals surface area contributed by atoms with Crippen LogP contribution >= 0.6 is 0 Å².